The molecule has 25 heavy (non-hydrogen) atoms. The number of aliphatic imine (C=N–C) groups is 1. The van der Waals surface area contributed by atoms with E-state index in [1.807, 2.05) is 36.1 Å². The maximum atomic E-state index is 12.0. The average Bonchev–Trinajstić information content (AvgIpc) is 3.14. The number of hydrogen-bond donors (Lipinski definition) is 2. The zero-order valence-electron chi connectivity index (χ0n) is 15.1. The van der Waals surface area contributed by atoms with Crippen molar-refractivity contribution in [3.8, 4) is 5.75 Å². The van der Waals surface area contributed by atoms with Gasteiger partial charge >= 0.3 is 0 Å². The minimum atomic E-state index is 0. The number of nitrogens with zero attached hydrogens (tertiary/aromatic N) is 2. The zero-order valence-corrected chi connectivity index (χ0v) is 17.4. The predicted molar refractivity (Wildman–Crippen MR) is 112 cm³/mol. The Balaban J connectivity index is 0.00000312. The third-order valence-corrected chi connectivity index (χ3v) is 4.01. The van der Waals surface area contributed by atoms with E-state index in [9.17, 15) is 4.79 Å². The van der Waals surface area contributed by atoms with Crippen molar-refractivity contribution in [2.75, 3.05) is 33.3 Å². The Morgan fingerprint density at radius 1 is 1.20 bits per heavy atom. The van der Waals surface area contributed by atoms with Crippen LogP contribution >= 0.6 is 24.0 Å². The first kappa shape index (κ1) is 21.5. The fraction of sp³-hybridized carbons (Fsp3) is 0.556. The number of hydrogen-bond acceptors (Lipinski definition) is 3. The lowest BCUT2D eigenvalue weighted by atomic mass is 10.2. The standard InChI is InChI=1S/C18H28N4O2.HI/c1-3-19-18(20-11-10-17(23)22-12-4-5-13-22)21-14-15-6-8-16(24-2)9-7-15;/h6-9H,3-5,10-14H2,1-2H3,(H2,19,20,21);1H. The highest BCUT2D eigenvalue weighted by Gasteiger charge is 2.17. The first-order valence-corrected chi connectivity index (χ1v) is 8.66. The van der Waals surface area contributed by atoms with E-state index in [0.717, 1.165) is 49.7 Å². The molecular formula is C18H29IN4O2. The van der Waals surface area contributed by atoms with E-state index in [2.05, 4.69) is 15.6 Å². The third kappa shape index (κ3) is 7.50. The topological polar surface area (TPSA) is 66.0 Å². The van der Waals surface area contributed by atoms with Crippen LogP contribution in [-0.2, 0) is 11.3 Å². The lowest BCUT2D eigenvalue weighted by molar-refractivity contribution is -0.129. The number of halogens is 1. The van der Waals surface area contributed by atoms with Gasteiger partial charge in [0.15, 0.2) is 5.96 Å². The number of carbonyl (C=O) groups is 1. The maximum absolute atomic E-state index is 12.0. The molecule has 0 atom stereocenters. The van der Waals surface area contributed by atoms with Crippen molar-refractivity contribution in [2.24, 2.45) is 4.99 Å². The molecule has 1 aromatic rings. The van der Waals surface area contributed by atoms with Crippen LogP contribution in [0.25, 0.3) is 0 Å². The van der Waals surface area contributed by atoms with Crippen LogP contribution in [0.2, 0.25) is 0 Å². The van der Waals surface area contributed by atoms with Crippen LogP contribution in [0.3, 0.4) is 0 Å². The van der Waals surface area contributed by atoms with Crippen molar-refractivity contribution < 1.29 is 9.53 Å². The smallest absolute Gasteiger partial charge is 0.224 e. The third-order valence-electron chi connectivity index (χ3n) is 4.01. The summed E-state index contributed by atoms with van der Waals surface area (Å²) in [6.07, 6.45) is 2.77. The molecule has 0 spiro atoms. The maximum Gasteiger partial charge on any atom is 0.224 e. The number of nitrogens with one attached hydrogen (secondary N) is 2. The molecule has 2 rings (SSSR count). The Morgan fingerprint density at radius 2 is 1.88 bits per heavy atom. The van der Waals surface area contributed by atoms with Gasteiger partial charge in [0.25, 0.3) is 0 Å². The zero-order chi connectivity index (χ0) is 17.2. The number of rotatable bonds is 7. The van der Waals surface area contributed by atoms with Gasteiger partial charge in [-0.2, -0.15) is 0 Å². The normalized spacial score (nSPS) is 14.0. The van der Waals surface area contributed by atoms with Gasteiger partial charge in [-0.1, -0.05) is 12.1 Å². The molecule has 7 heteroatoms. The molecule has 1 aromatic carbocycles. The van der Waals surface area contributed by atoms with Crippen LogP contribution in [0.15, 0.2) is 29.3 Å². The number of ether oxygens (including phenoxy) is 1. The molecule has 0 radical (unpaired) electrons. The van der Waals surface area contributed by atoms with Gasteiger partial charge < -0.3 is 20.3 Å². The van der Waals surface area contributed by atoms with E-state index in [0.29, 0.717) is 19.5 Å². The summed E-state index contributed by atoms with van der Waals surface area (Å²) in [7, 11) is 1.66. The summed E-state index contributed by atoms with van der Waals surface area (Å²) >= 11 is 0. The van der Waals surface area contributed by atoms with Crippen LogP contribution < -0.4 is 15.4 Å². The summed E-state index contributed by atoms with van der Waals surface area (Å²) < 4.78 is 5.15. The molecule has 6 nitrogen and oxygen atoms in total. The van der Waals surface area contributed by atoms with Crippen LogP contribution in [0, 0.1) is 0 Å². The Kier molecular flexibility index (Phi) is 10.3. The Morgan fingerprint density at radius 3 is 2.48 bits per heavy atom. The highest BCUT2D eigenvalue weighted by atomic mass is 127. The monoisotopic (exact) mass is 460 g/mol. The summed E-state index contributed by atoms with van der Waals surface area (Å²) in [4.78, 5) is 18.5. The van der Waals surface area contributed by atoms with Crippen molar-refractivity contribution in [3.05, 3.63) is 29.8 Å². The first-order valence-electron chi connectivity index (χ1n) is 8.66. The molecule has 1 heterocycles. The highest BCUT2D eigenvalue weighted by molar-refractivity contribution is 14.0. The van der Waals surface area contributed by atoms with Gasteiger partial charge in [0.05, 0.1) is 13.7 Å². The molecule has 1 aliphatic rings. The number of carbonyl (C=O) groups excluding carboxylic acids is 1. The first-order chi connectivity index (χ1) is 11.7. The summed E-state index contributed by atoms with van der Waals surface area (Å²) in [6.45, 7) is 5.81. The summed E-state index contributed by atoms with van der Waals surface area (Å²) in [5.41, 5.74) is 1.11. The molecule has 1 saturated heterocycles. The quantitative estimate of drug-likeness (QED) is 0.373. The van der Waals surface area contributed by atoms with Crippen LogP contribution in [-0.4, -0.2) is 50.1 Å². The van der Waals surface area contributed by atoms with Gasteiger partial charge in [0.2, 0.25) is 5.91 Å². The lowest BCUT2D eigenvalue weighted by Gasteiger charge is -2.16. The largest absolute Gasteiger partial charge is 0.497 e. The van der Waals surface area contributed by atoms with Gasteiger partial charge in [-0.25, -0.2) is 4.99 Å². The van der Waals surface area contributed by atoms with Gasteiger partial charge in [0, 0.05) is 32.6 Å². The van der Waals surface area contributed by atoms with Crippen LogP contribution in [0.5, 0.6) is 5.75 Å². The molecule has 0 aliphatic carbocycles. The SMILES string of the molecule is CCNC(=NCc1ccc(OC)cc1)NCCC(=O)N1CCCC1.I. The van der Waals surface area contributed by atoms with Gasteiger partial charge in [-0.05, 0) is 37.5 Å². The molecule has 1 fully saturated rings. The summed E-state index contributed by atoms with van der Waals surface area (Å²) in [5, 5.41) is 6.44. The van der Waals surface area contributed by atoms with E-state index in [1.165, 1.54) is 0 Å². The van der Waals surface area contributed by atoms with Crippen molar-refractivity contribution in [3.63, 3.8) is 0 Å². The van der Waals surface area contributed by atoms with E-state index in [4.69, 9.17) is 4.74 Å². The van der Waals surface area contributed by atoms with E-state index in [-0.39, 0.29) is 29.9 Å². The van der Waals surface area contributed by atoms with Crippen molar-refractivity contribution in [1.82, 2.24) is 15.5 Å². The predicted octanol–water partition coefficient (Wildman–Crippen LogP) is 2.38. The second kappa shape index (κ2) is 11.9. The Bertz CT molecular complexity index is 543. The molecule has 1 aliphatic heterocycles. The number of methoxy groups -OCH3 is 1. The van der Waals surface area contributed by atoms with Crippen molar-refractivity contribution >= 4 is 35.8 Å². The number of benzene rings is 1. The van der Waals surface area contributed by atoms with Gasteiger partial charge in [-0.15, -0.1) is 24.0 Å². The van der Waals surface area contributed by atoms with E-state index < -0.39 is 0 Å². The second-order valence-corrected chi connectivity index (χ2v) is 5.81. The van der Waals surface area contributed by atoms with E-state index in [1.54, 1.807) is 7.11 Å². The second-order valence-electron chi connectivity index (χ2n) is 5.81. The van der Waals surface area contributed by atoms with Crippen LogP contribution in [0.4, 0.5) is 0 Å². The van der Waals surface area contributed by atoms with Crippen molar-refractivity contribution in [2.45, 2.75) is 32.7 Å². The molecule has 0 unspecified atom stereocenters. The molecule has 2 N–H and O–H groups in total. The molecule has 140 valence electrons. The molecular weight excluding hydrogens is 431 g/mol. The van der Waals surface area contributed by atoms with Gasteiger partial charge in [-0.3, -0.25) is 4.79 Å². The Hall–Kier alpha value is -1.51. The summed E-state index contributed by atoms with van der Waals surface area (Å²) in [5.74, 6) is 1.81. The van der Waals surface area contributed by atoms with E-state index >= 15 is 0 Å². The number of guanidine groups is 1. The van der Waals surface area contributed by atoms with Crippen molar-refractivity contribution in [1.29, 1.82) is 0 Å². The van der Waals surface area contributed by atoms with Gasteiger partial charge in [0.1, 0.15) is 5.75 Å². The molecule has 0 saturated carbocycles. The highest BCUT2D eigenvalue weighted by Crippen LogP contribution is 2.12. The minimum Gasteiger partial charge on any atom is -0.497 e. The fourth-order valence-electron chi connectivity index (χ4n) is 2.66. The fourth-order valence-corrected chi connectivity index (χ4v) is 2.66. The lowest BCUT2D eigenvalue weighted by Crippen LogP contribution is -2.39. The average molecular weight is 460 g/mol. The molecule has 0 bridgehead atoms. The summed E-state index contributed by atoms with van der Waals surface area (Å²) in [6, 6.07) is 7.87. The number of likely N-dealkylation sites (tertiary alicyclic amines) is 1. The Labute approximate surface area is 167 Å². The molecule has 1 amide bonds. The number of amides is 1. The minimum absolute atomic E-state index is 0. The van der Waals surface area contributed by atoms with Crippen LogP contribution in [0.1, 0.15) is 31.7 Å². The molecule has 0 aromatic heterocycles.